The summed E-state index contributed by atoms with van der Waals surface area (Å²) in [6, 6.07) is 7.47. The first-order chi connectivity index (χ1) is 17.6. The predicted molar refractivity (Wildman–Crippen MR) is 120 cm³/mol. The van der Waals surface area contributed by atoms with Crippen molar-refractivity contribution in [1.82, 2.24) is 10.3 Å². The molecule has 0 spiro atoms. The zero-order valence-corrected chi connectivity index (χ0v) is 19.0. The highest BCUT2D eigenvalue weighted by atomic mass is 19.4. The molecule has 1 amide bonds. The Bertz CT molecular complexity index is 1280. The van der Waals surface area contributed by atoms with Gasteiger partial charge in [-0.05, 0) is 53.1 Å². The van der Waals surface area contributed by atoms with Crippen LogP contribution in [0.15, 0.2) is 72.9 Å². The van der Waals surface area contributed by atoms with Gasteiger partial charge in [-0.25, -0.2) is 4.98 Å². The summed E-state index contributed by atoms with van der Waals surface area (Å²) in [5.41, 5.74) is -3.53. The lowest BCUT2D eigenvalue weighted by Crippen LogP contribution is -2.37. The molecule has 202 valence electrons. The molecule has 0 aliphatic rings. The number of anilines is 1. The van der Waals surface area contributed by atoms with Crippen LogP contribution in [0.5, 0.6) is 0 Å². The Morgan fingerprint density at radius 2 is 1.61 bits per heavy atom. The Balaban J connectivity index is 1.79. The Hall–Kier alpha value is -4.03. The van der Waals surface area contributed by atoms with Crippen LogP contribution in [0.2, 0.25) is 0 Å². The molecule has 0 saturated carbocycles. The van der Waals surface area contributed by atoms with Crippen LogP contribution in [0, 0.1) is 0 Å². The van der Waals surface area contributed by atoms with Crippen molar-refractivity contribution < 1.29 is 44.3 Å². The van der Waals surface area contributed by atoms with Crippen molar-refractivity contribution in [3.8, 4) is 0 Å². The van der Waals surface area contributed by atoms with E-state index in [-0.39, 0.29) is 23.7 Å². The van der Waals surface area contributed by atoms with Gasteiger partial charge < -0.3 is 10.6 Å². The minimum atomic E-state index is -5.15. The molecule has 1 unspecified atom stereocenters. The average Bonchev–Trinajstić information content (AvgIpc) is 2.84. The number of hydrogen-bond acceptors (Lipinski definition) is 3. The van der Waals surface area contributed by atoms with E-state index in [0.29, 0.717) is 24.0 Å². The first-order valence-electron chi connectivity index (χ1n) is 10.7. The maximum atomic E-state index is 13.6. The molecule has 0 aliphatic carbocycles. The Kier molecular flexibility index (Phi) is 8.38. The molecule has 2 aromatic carbocycles. The number of nitrogens with zero attached hydrogens (tertiary/aromatic N) is 1. The summed E-state index contributed by atoms with van der Waals surface area (Å²) in [5, 5.41) is 4.30. The van der Waals surface area contributed by atoms with Gasteiger partial charge in [0.15, 0.2) is 6.04 Å². The van der Waals surface area contributed by atoms with E-state index in [1.807, 2.05) is 0 Å². The number of nitrogens with one attached hydrogen (secondary N) is 2. The van der Waals surface area contributed by atoms with Gasteiger partial charge in [-0.1, -0.05) is 30.3 Å². The molecule has 2 N–H and O–H groups in total. The summed E-state index contributed by atoms with van der Waals surface area (Å²) in [6.07, 6.45) is -12.0. The van der Waals surface area contributed by atoms with Gasteiger partial charge >= 0.3 is 18.5 Å². The van der Waals surface area contributed by atoms with Gasteiger partial charge in [0.25, 0.3) is 0 Å². The summed E-state index contributed by atoms with van der Waals surface area (Å²) in [4.78, 5) is 16.1. The van der Waals surface area contributed by atoms with Crippen molar-refractivity contribution in [2.24, 2.45) is 0 Å². The molecule has 1 aromatic heterocycles. The first-order valence-corrected chi connectivity index (χ1v) is 10.7. The molecule has 1 atom stereocenters. The van der Waals surface area contributed by atoms with Gasteiger partial charge in [-0.3, -0.25) is 4.79 Å². The predicted octanol–water partition coefficient (Wildman–Crippen LogP) is 7.16. The molecule has 0 radical (unpaired) electrons. The summed E-state index contributed by atoms with van der Waals surface area (Å²) in [5.74, 6) is -1.04. The molecule has 4 nitrogen and oxygen atoms in total. The Morgan fingerprint density at radius 3 is 2.21 bits per heavy atom. The highest BCUT2D eigenvalue weighted by Crippen LogP contribution is 2.36. The lowest BCUT2D eigenvalue weighted by atomic mass is 10.0. The number of amides is 1. The maximum Gasteiger partial charge on any atom is 0.416 e. The molecule has 0 bridgehead atoms. The van der Waals surface area contributed by atoms with Gasteiger partial charge in [-0.15, -0.1) is 0 Å². The van der Waals surface area contributed by atoms with Crippen LogP contribution in [0.25, 0.3) is 6.08 Å². The third kappa shape index (κ3) is 7.73. The molecular weight excluding hydrogens is 529 g/mol. The largest absolute Gasteiger partial charge is 0.416 e. The highest BCUT2D eigenvalue weighted by molar-refractivity contribution is 5.92. The van der Waals surface area contributed by atoms with Crippen molar-refractivity contribution >= 4 is 17.8 Å². The van der Waals surface area contributed by atoms with Crippen LogP contribution in [-0.4, -0.2) is 17.1 Å². The van der Waals surface area contributed by atoms with Gasteiger partial charge in [0.2, 0.25) is 5.91 Å². The first kappa shape index (κ1) is 28.5. The van der Waals surface area contributed by atoms with Crippen LogP contribution < -0.4 is 10.6 Å². The van der Waals surface area contributed by atoms with Crippen LogP contribution in [0.4, 0.5) is 45.3 Å². The lowest BCUT2D eigenvalue weighted by molar-refractivity contribution is -0.162. The molecule has 3 aromatic rings. The second-order valence-corrected chi connectivity index (χ2v) is 7.92. The minimum Gasteiger partial charge on any atom is -0.366 e. The number of pyridine rings is 1. The molecule has 0 fully saturated rings. The standard InChI is InChI=1S/C25H18F9N3O/c26-23(27,28)18-5-3-4-16(13-18)22(25(32,33)34)37-21(38)10-8-15-7-9-17(19(12-15)24(29,30)31)14-36-20-6-1-2-11-35-20/h1-13,22H,14H2,(H,35,36)(H,37,38)/b10-8+. The van der Waals surface area contributed by atoms with E-state index in [1.54, 1.807) is 23.5 Å². The number of rotatable bonds is 7. The van der Waals surface area contributed by atoms with Gasteiger partial charge in [0.05, 0.1) is 11.1 Å². The Labute approximate surface area is 210 Å². The van der Waals surface area contributed by atoms with Crippen LogP contribution in [0.3, 0.4) is 0 Å². The number of carbonyl (C=O) groups excluding carboxylic acids is 1. The molecule has 38 heavy (non-hydrogen) atoms. The topological polar surface area (TPSA) is 54.0 Å². The van der Waals surface area contributed by atoms with E-state index < -0.39 is 47.2 Å². The van der Waals surface area contributed by atoms with Crippen molar-refractivity contribution in [2.45, 2.75) is 31.1 Å². The second-order valence-electron chi connectivity index (χ2n) is 7.92. The fourth-order valence-corrected chi connectivity index (χ4v) is 3.38. The summed E-state index contributed by atoms with van der Waals surface area (Å²) >= 11 is 0. The van der Waals surface area contributed by atoms with Crippen LogP contribution >= 0.6 is 0 Å². The summed E-state index contributed by atoms with van der Waals surface area (Å²) in [7, 11) is 0. The van der Waals surface area contributed by atoms with Crippen molar-refractivity contribution in [3.63, 3.8) is 0 Å². The number of carbonyl (C=O) groups is 1. The third-order valence-electron chi connectivity index (χ3n) is 5.15. The molecule has 0 saturated heterocycles. The second kappa shape index (κ2) is 11.2. The summed E-state index contributed by atoms with van der Waals surface area (Å²) < 4.78 is 120. The molecule has 3 rings (SSSR count). The molecule has 1 heterocycles. The lowest BCUT2D eigenvalue weighted by Gasteiger charge is -2.22. The minimum absolute atomic E-state index is 0.142. The average molecular weight is 547 g/mol. The fourth-order valence-electron chi connectivity index (χ4n) is 3.38. The smallest absolute Gasteiger partial charge is 0.366 e. The van der Waals surface area contributed by atoms with E-state index in [2.05, 4.69) is 10.3 Å². The number of benzene rings is 2. The molecular formula is C25H18F9N3O. The molecule has 0 aliphatic heterocycles. The van der Waals surface area contributed by atoms with Gasteiger partial charge in [-0.2, -0.15) is 39.5 Å². The zero-order chi connectivity index (χ0) is 28.1. The molecule has 13 heteroatoms. The number of halogens is 9. The van der Waals surface area contributed by atoms with Crippen LogP contribution in [0.1, 0.15) is 33.9 Å². The van der Waals surface area contributed by atoms with Crippen molar-refractivity contribution in [1.29, 1.82) is 0 Å². The highest BCUT2D eigenvalue weighted by Gasteiger charge is 2.42. The zero-order valence-electron chi connectivity index (χ0n) is 19.0. The van der Waals surface area contributed by atoms with Crippen LogP contribution in [-0.2, 0) is 23.7 Å². The van der Waals surface area contributed by atoms with Crippen molar-refractivity contribution in [2.75, 3.05) is 5.32 Å². The number of hydrogen-bond donors (Lipinski definition) is 2. The van der Waals surface area contributed by atoms with Crippen molar-refractivity contribution in [3.05, 3.63) is 101 Å². The number of aromatic nitrogens is 1. The number of alkyl halides is 9. The third-order valence-corrected chi connectivity index (χ3v) is 5.15. The van der Waals surface area contributed by atoms with E-state index >= 15 is 0 Å². The van der Waals surface area contributed by atoms with Gasteiger partial charge in [0.1, 0.15) is 5.82 Å². The monoisotopic (exact) mass is 547 g/mol. The Morgan fingerprint density at radius 1 is 0.868 bits per heavy atom. The normalized spacial score (nSPS) is 13.4. The summed E-state index contributed by atoms with van der Waals surface area (Å²) in [6.45, 7) is -0.236. The fraction of sp³-hybridized carbons (Fsp3) is 0.200. The van der Waals surface area contributed by atoms with E-state index in [9.17, 15) is 44.3 Å². The van der Waals surface area contributed by atoms with E-state index in [1.165, 1.54) is 12.3 Å². The maximum absolute atomic E-state index is 13.6. The van der Waals surface area contributed by atoms with Gasteiger partial charge in [0, 0.05) is 18.8 Å². The quantitative estimate of drug-likeness (QED) is 0.244. The van der Waals surface area contributed by atoms with E-state index in [0.717, 1.165) is 24.3 Å². The SMILES string of the molecule is O=C(/C=C/c1ccc(CNc2ccccn2)c(C(F)(F)F)c1)NC(c1cccc(C(F)(F)F)c1)C(F)(F)F. The van der Waals surface area contributed by atoms with E-state index in [4.69, 9.17) is 0 Å².